The largest absolute Gasteiger partial charge is 0.468 e. The van der Waals surface area contributed by atoms with Crippen molar-refractivity contribution in [3.63, 3.8) is 0 Å². The Morgan fingerprint density at radius 1 is 1.62 bits per heavy atom. The molecule has 0 aromatic heterocycles. The van der Waals surface area contributed by atoms with E-state index in [1.165, 1.54) is 13.2 Å². The van der Waals surface area contributed by atoms with Gasteiger partial charge in [0, 0.05) is 12.1 Å². The summed E-state index contributed by atoms with van der Waals surface area (Å²) in [6, 6.07) is 4.26. The van der Waals surface area contributed by atoms with Crippen molar-refractivity contribution >= 4 is 17.6 Å². The van der Waals surface area contributed by atoms with Gasteiger partial charge in [-0.3, -0.25) is 4.79 Å². The number of carbonyl (C=O) groups excluding carboxylic acids is 1. The second kappa shape index (κ2) is 5.82. The fourth-order valence-corrected chi connectivity index (χ4v) is 1.40. The molecule has 1 atom stereocenters. The maximum absolute atomic E-state index is 13.4. The smallest absolute Gasteiger partial charge is 0.322 e. The van der Waals surface area contributed by atoms with E-state index in [-0.39, 0.29) is 17.5 Å². The van der Waals surface area contributed by atoms with Gasteiger partial charge in [-0.2, -0.15) is 0 Å². The van der Waals surface area contributed by atoms with Crippen LogP contribution in [0.1, 0.15) is 12.5 Å². The molecule has 16 heavy (non-hydrogen) atoms. The lowest BCUT2D eigenvalue weighted by atomic mass is 10.2. The number of hydrogen-bond acceptors (Lipinski definition) is 3. The zero-order valence-electron chi connectivity index (χ0n) is 9.09. The first-order chi connectivity index (χ1) is 7.56. The number of hydrogen-bond donors (Lipinski definition) is 1. The molecule has 1 rings (SSSR count). The van der Waals surface area contributed by atoms with Crippen molar-refractivity contribution in [2.24, 2.45) is 0 Å². The summed E-state index contributed by atoms with van der Waals surface area (Å²) in [4.78, 5) is 11.1. The van der Waals surface area contributed by atoms with E-state index in [0.717, 1.165) is 0 Å². The SMILES string of the molecule is COC(=O)C(C)NCc1cccc(Cl)c1F. The molecule has 0 saturated carbocycles. The van der Waals surface area contributed by atoms with Gasteiger partial charge in [0.1, 0.15) is 11.9 Å². The molecule has 0 amide bonds. The molecule has 0 aliphatic rings. The summed E-state index contributed by atoms with van der Waals surface area (Å²) >= 11 is 5.62. The van der Waals surface area contributed by atoms with Gasteiger partial charge in [0.25, 0.3) is 0 Å². The lowest BCUT2D eigenvalue weighted by Gasteiger charge is -2.12. The van der Waals surface area contributed by atoms with Crippen LogP contribution >= 0.6 is 11.6 Å². The maximum Gasteiger partial charge on any atom is 0.322 e. The third kappa shape index (κ3) is 3.18. The van der Waals surface area contributed by atoms with Gasteiger partial charge in [-0.15, -0.1) is 0 Å². The number of esters is 1. The van der Waals surface area contributed by atoms with Gasteiger partial charge < -0.3 is 10.1 Å². The number of halogens is 2. The Balaban J connectivity index is 2.61. The van der Waals surface area contributed by atoms with E-state index in [1.54, 1.807) is 19.1 Å². The molecule has 1 unspecified atom stereocenters. The van der Waals surface area contributed by atoms with E-state index in [0.29, 0.717) is 5.56 Å². The van der Waals surface area contributed by atoms with E-state index in [1.807, 2.05) is 0 Å². The van der Waals surface area contributed by atoms with Crippen molar-refractivity contribution in [1.82, 2.24) is 5.32 Å². The lowest BCUT2D eigenvalue weighted by Crippen LogP contribution is -2.34. The number of benzene rings is 1. The first-order valence-electron chi connectivity index (χ1n) is 4.80. The quantitative estimate of drug-likeness (QED) is 0.826. The van der Waals surface area contributed by atoms with Crippen LogP contribution in [0.25, 0.3) is 0 Å². The van der Waals surface area contributed by atoms with E-state index in [2.05, 4.69) is 10.1 Å². The van der Waals surface area contributed by atoms with Crippen LogP contribution in [0.15, 0.2) is 18.2 Å². The maximum atomic E-state index is 13.4. The number of nitrogens with one attached hydrogen (secondary N) is 1. The first-order valence-corrected chi connectivity index (χ1v) is 5.18. The Hall–Kier alpha value is -1.13. The van der Waals surface area contributed by atoms with Crippen LogP contribution in [-0.4, -0.2) is 19.1 Å². The molecular formula is C11H13ClFNO2. The third-order valence-electron chi connectivity index (χ3n) is 2.19. The summed E-state index contributed by atoms with van der Waals surface area (Å²) < 4.78 is 18.0. The van der Waals surface area contributed by atoms with E-state index in [9.17, 15) is 9.18 Å². The van der Waals surface area contributed by atoms with Gasteiger partial charge in [0.2, 0.25) is 0 Å². The Kier molecular flexibility index (Phi) is 4.71. The van der Waals surface area contributed by atoms with Gasteiger partial charge >= 0.3 is 5.97 Å². The van der Waals surface area contributed by atoms with Crippen LogP contribution in [0.5, 0.6) is 0 Å². The van der Waals surface area contributed by atoms with Crippen molar-refractivity contribution in [2.75, 3.05) is 7.11 Å². The molecule has 1 N–H and O–H groups in total. The molecule has 0 bridgehead atoms. The molecule has 0 radical (unpaired) electrons. The number of rotatable bonds is 4. The molecule has 0 aliphatic heterocycles. The molecule has 0 spiro atoms. The summed E-state index contributed by atoms with van der Waals surface area (Å²) in [5.74, 6) is -0.851. The van der Waals surface area contributed by atoms with Crippen molar-refractivity contribution in [2.45, 2.75) is 19.5 Å². The van der Waals surface area contributed by atoms with Gasteiger partial charge in [-0.1, -0.05) is 23.7 Å². The predicted octanol–water partition coefficient (Wildman–Crippen LogP) is 2.13. The molecule has 0 heterocycles. The summed E-state index contributed by atoms with van der Waals surface area (Å²) in [6.45, 7) is 1.87. The molecule has 0 fully saturated rings. The summed E-state index contributed by atoms with van der Waals surface area (Å²) in [5, 5.41) is 2.92. The highest BCUT2D eigenvalue weighted by Gasteiger charge is 2.13. The second-order valence-electron chi connectivity index (χ2n) is 3.34. The van der Waals surface area contributed by atoms with Crippen molar-refractivity contribution < 1.29 is 13.9 Å². The monoisotopic (exact) mass is 245 g/mol. The van der Waals surface area contributed by atoms with Crippen LogP contribution in [-0.2, 0) is 16.1 Å². The van der Waals surface area contributed by atoms with Crippen molar-refractivity contribution in [1.29, 1.82) is 0 Å². The Bertz CT molecular complexity index is 384. The molecule has 88 valence electrons. The minimum Gasteiger partial charge on any atom is -0.468 e. The fourth-order valence-electron chi connectivity index (χ4n) is 1.21. The Labute approximate surface area is 98.5 Å². The van der Waals surface area contributed by atoms with Gasteiger partial charge in [0.05, 0.1) is 12.1 Å². The van der Waals surface area contributed by atoms with Crippen LogP contribution < -0.4 is 5.32 Å². The highest BCUT2D eigenvalue weighted by molar-refractivity contribution is 6.30. The molecule has 5 heteroatoms. The number of methoxy groups -OCH3 is 1. The zero-order valence-corrected chi connectivity index (χ0v) is 9.84. The van der Waals surface area contributed by atoms with Gasteiger partial charge in [0.15, 0.2) is 0 Å². The summed E-state index contributed by atoms with van der Waals surface area (Å²) in [7, 11) is 1.31. The van der Waals surface area contributed by atoms with Crippen LogP contribution in [0.3, 0.4) is 0 Å². The van der Waals surface area contributed by atoms with Crippen LogP contribution in [0, 0.1) is 5.82 Å². The van der Waals surface area contributed by atoms with E-state index < -0.39 is 11.9 Å². The molecule has 0 aliphatic carbocycles. The fraction of sp³-hybridized carbons (Fsp3) is 0.364. The highest BCUT2D eigenvalue weighted by atomic mass is 35.5. The van der Waals surface area contributed by atoms with Crippen molar-refractivity contribution in [3.8, 4) is 0 Å². The lowest BCUT2D eigenvalue weighted by molar-refractivity contribution is -0.142. The average Bonchev–Trinajstić information content (AvgIpc) is 2.29. The van der Waals surface area contributed by atoms with E-state index in [4.69, 9.17) is 11.6 Å². The van der Waals surface area contributed by atoms with Crippen LogP contribution in [0.4, 0.5) is 4.39 Å². The molecular weight excluding hydrogens is 233 g/mol. The third-order valence-corrected chi connectivity index (χ3v) is 2.48. The molecule has 0 saturated heterocycles. The normalized spacial score (nSPS) is 12.2. The van der Waals surface area contributed by atoms with E-state index >= 15 is 0 Å². The topological polar surface area (TPSA) is 38.3 Å². The summed E-state index contributed by atoms with van der Waals surface area (Å²) in [5.41, 5.74) is 0.420. The minimum absolute atomic E-state index is 0.0741. The number of ether oxygens (including phenoxy) is 1. The predicted molar refractivity (Wildman–Crippen MR) is 59.7 cm³/mol. The van der Waals surface area contributed by atoms with Gasteiger partial charge in [-0.25, -0.2) is 4.39 Å². The Morgan fingerprint density at radius 2 is 2.31 bits per heavy atom. The Morgan fingerprint density at radius 3 is 2.94 bits per heavy atom. The molecule has 1 aromatic carbocycles. The minimum atomic E-state index is -0.483. The van der Waals surface area contributed by atoms with Crippen molar-refractivity contribution in [3.05, 3.63) is 34.6 Å². The van der Waals surface area contributed by atoms with Gasteiger partial charge in [-0.05, 0) is 13.0 Å². The first kappa shape index (κ1) is 12.9. The molecule has 3 nitrogen and oxygen atoms in total. The highest BCUT2D eigenvalue weighted by Crippen LogP contribution is 2.17. The molecule has 1 aromatic rings. The summed E-state index contributed by atoms with van der Waals surface area (Å²) in [6.07, 6.45) is 0. The number of carbonyl (C=O) groups is 1. The second-order valence-corrected chi connectivity index (χ2v) is 3.75. The average molecular weight is 246 g/mol. The standard InChI is InChI=1S/C11H13ClFNO2/c1-7(11(15)16-2)14-6-8-4-3-5-9(12)10(8)13/h3-5,7,14H,6H2,1-2H3. The van der Waals surface area contributed by atoms with Crippen LogP contribution in [0.2, 0.25) is 5.02 Å². The zero-order chi connectivity index (χ0) is 12.1.